The second-order valence-electron chi connectivity index (χ2n) is 11.6. The van der Waals surface area contributed by atoms with Crippen molar-refractivity contribution in [1.82, 2.24) is 31.2 Å². The molecule has 3 aromatic rings. The molecule has 0 aliphatic rings. The number of carbonyl (C=O) groups is 6. The Morgan fingerprint density at radius 3 is 2.21 bits per heavy atom. The van der Waals surface area contributed by atoms with Crippen LogP contribution in [-0.2, 0) is 41.7 Å². The van der Waals surface area contributed by atoms with Crippen LogP contribution >= 0.6 is 0 Å². The molecule has 17 nitrogen and oxygen atoms in total. The average Bonchev–Trinajstić information content (AvgIpc) is 3.53. The van der Waals surface area contributed by atoms with Gasteiger partial charge in [-0.15, -0.1) is 0 Å². The predicted molar refractivity (Wildman–Crippen MR) is 169 cm³/mol. The van der Waals surface area contributed by atoms with Gasteiger partial charge in [0.1, 0.15) is 23.7 Å². The molecule has 0 saturated heterocycles. The highest BCUT2D eigenvalue weighted by Gasteiger charge is 2.32. The van der Waals surface area contributed by atoms with Gasteiger partial charge in [-0.3, -0.25) is 28.8 Å². The van der Waals surface area contributed by atoms with Gasteiger partial charge < -0.3 is 46.6 Å². The van der Waals surface area contributed by atoms with Gasteiger partial charge in [0, 0.05) is 42.7 Å². The lowest BCUT2D eigenvalue weighted by atomic mass is 10.0. The fourth-order valence-electron chi connectivity index (χ4n) is 4.71. The molecule has 0 aliphatic heterocycles. The van der Waals surface area contributed by atoms with Crippen LogP contribution < -0.4 is 32.6 Å². The number of carboxylic acids is 2. The zero-order chi connectivity index (χ0) is 35.4. The van der Waals surface area contributed by atoms with Crippen LogP contribution in [-0.4, -0.2) is 79.9 Å². The van der Waals surface area contributed by atoms with Crippen LogP contribution in [0.25, 0.3) is 11.0 Å². The molecule has 0 unspecified atom stereocenters. The Hall–Kier alpha value is -5.58. The number of aliphatic carboxylic acids is 2. The van der Waals surface area contributed by atoms with Crippen molar-refractivity contribution in [3.8, 4) is 0 Å². The summed E-state index contributed by atoms with van der Waals surface area (Å²) in [5.41, 5.74) is 6.58. The monoisotopic (exact) mass is 669 g/mol. The molecule has 17 heteroatoms. The zero-order valence-corrected chi connectivity index (χ0v) is 26.4. The molecular formula is C31H39N7O10. The first-order valence-corrected chi connectivity index (χ1v) is 15.1. The topological polar surface area (TPSA) is 276 Å². The number of nitrogens with zero attached hydrogens (tertiary/aromatic N) is 1. The van der Waals surface area contributed by atoms with E-state index in [0.29, 0.717) is 23.1 Å². The van der Waals surface area contributed by atoms with Gasteiger partial charge in [0.15, 0.2) is 0 Å². The van der Waals surface area contributed by atoms with Gasteiger partial charge in [0.05, 0.1) is 18.8 Å². The van der Waals surface area contributed by atoms with Crippen LogP contribution in [0.4, 0.5) is 0 Å². The van der Waals surface area contributed by atoms with E-state index >= 15 is 0 Å². The van der Waals surface area contributed by atoms with Crippen molar-refractivity contribution in [3.63, 3.8) is 0 Å². The van der Waals surface area contributed by atoms with Crippen LogP contribution in [0.3, 0.4) is 0 Å². The van der Waals surface area contributed by atoms with Crippen LogP contribution in [0, 0.1) is 5.92 Å². The Balaban J connectivity index is 1.77. The Labute approximate surface area is 274 Å². The van der Waals surface area contributed by atoms with E-state index in [1.807, 2.05) is 13.8 Å². The van der Waals surface area contributed by atoms with Gasteiger partial charge in [0.25, 0.3) is 0 Å². The van der Waals surface area contributed by atoms with E-state index in [9.17, 15) is 43.8 Å². The van der Waals surface area contributed by atoms with E-state index in [4.69, 9.17) is 10.2 Å². The highest BCUT2D eigenvalue weighted by Crippen LogP contribution is 2.14. The summed E-state index contributed by atoms with van der Waals surface area (Å²) in [4.78, 5) is 93.9. The third-order valence-corrected chi connectivity index (χ3v) is 7.12. The molecule has 4 atom stereocenters. The minimum absolute atomic E-state index is 0.0607. The number of aromatic nitrogens is 2. The Morgan fingerprint density at radius 2 is 1.56 bits per heavy atom. The Kier molecular flexibility index (Phi) is 13.3. The molecule has 0 radical (unpaired) electrons. The number of nitrogens with one attached hydrogen (secondary N) is 5. The van der Waals surface area contributed by atoms with E-state index < -0.39 is 78.2 Å². The van der Waals surface area contributed by atoms with Crippen molar-refractivity contribution >= 4 is 46.5 Å². The second-order valence-corrected chi connectivity index (χ2v) is 11.6. The number of imidazole rings is 1. The largest absolute Gasteiger partial charge is 0.481 e. The Morgan fingerprint density at radius 1 is 0.896 bits per heavy atom. The molecule has 3 rings (SSSR count). The van der Waals surface area contributed by atoms with Crippen LogP contribution in [0.15, 0.2) is 52.1 Å². The lowest BCUT2D eigenvalue weighted by Gasteiger charge is -2.25. The van der Waals surface area contributed by atoms with Crippen molar-refractivity contribution < 1.29 is 43.4 Å². The summed E-state index contributed by atoms with van der Waals surface area (Å²) in [6.45, 7) is 3.60. The molecule has 0 saturated carbocycles. The average molecular weight is 670 g/mol. The summed E-state index contributed by atoms with van der Waals surface area (Å²) < 4.78 is 5.15. The third-order valence-electron chi connectivity index (χ3n) is 7.12. The number of fused-ring (bicyclic) bond motifs is 1. The van der Waals surface area contributed by atoms with Gasteiger partial charge in [-0.2, -0.15) is 0 Å². The lowest BCUT2D eigenvalue weighted by molar-refractivity contribution is -0.141. The summed E-state index contributed by atoms with van der Waals surface area (Å²) in [6, 6.07) is 2.36. The summed E-state index contributed by atoms with van der Waals surface area (Å²) in [7, 11) is 0. The Bertz CT molecular complexity index is 1670. The number of hydrogen-bond donors (Lipinski definition) is 8. The zero-order valence-electron chi connectivity index (χ0n) is 26.4. The van der Waals surface area contributed by atoms with E-state index in [-0.39, 0.29) is 30.9 Å². The number of rotatable bonds is 18. The maximum Gasteiger partial charge on any atom is 0.336 e. The summed E-state index contributed by atoms with van der Waals surface area (Å²) in [5, 5.41) is 29.2. The van der Waals surface area contributed by atoms with Crippen molar-refractivity contribution in [2.24, 2.45) is 11.7 Å². The van der Waals surface area contributed by atoms with Crippen molar-refractivity contribution in [2.45, 2.75) is 76.7 Å². The molecule has 0 fully saturated rings. The van der Waals surface area contributed by atoms with Crippen molar-refractivity contribution in [3.05, 3.63) is 64.5 Å². The van der Waals surface area contributed by atoms with E-state index in [1.54, 1.807) is 18.2 Å². The molecule has 9 N–H and O–H groups in total. The maximum atomic E-state index is 13.5. The van der Waals surface area contributed by atoms with Crippen molar-refractivity contribution in [2.75, 3.05) is 0 Å². The van der Waals surface area contributed by atoms with Gasteiger partial charge in [0.2, 0.25) is 23.6 Å². The van der Waals surface area contributed by atoms with Crippen molar-refractivity contribution in [1.29, 1.82) is 0 Å². The molecule has 4 amide bonds. The van der Waals surface area contributed by atoms with Gasteiger partial charge in [-0.05, 0) is 36.5 Å². The highest BCUT2D eigenvalue weighted by atomic mass is 16.4. The number of benzene rings is 1. The number of hydrogen-bond acceptors (Lipinski definition) is 10. The minimum Gasteiger partial charge on any atom is -0.481 e. The van der Waals surface area contributed by atoms with Crippen LogP contribution in [0.2, 0.25) is 0 Å². The van der Waals surface area contributed by atoms with Gasteiger partial charge in [-0.25, -0.2) is 9.78 Å². The standard InChI is InChI=1S/C31H39N7O10/c1-16(2)9-20(32)28(44)36-21(6-7-25(39)40)30(46)37-22(11-19-14-33-15-35-19)31(47)38-23(12-26(41)42)29(45)34-13-17-3-4-18-5-8-27(43)48-24(18)10-17/h3-5,8,10,14-16,20-23H,6-7,9,11-13,32H2,1-2H3,(H,33,35)(H,34,45)(H,36,44)(H,37,46)(H,38,47)(H,39,40)(H,41,42)/t20-,21-,22-,23-/m0/s1. The smallest absolute Gasteiger partial charge is 0.336 e. The first-order valence-electron chi connectivity index (χ1n) is 15.1. The molecule has 0 aliphatic carbocycles. The number of nitrogens with two attached hydrogens (primary N) is 1. The van der Waals surface area contributed by atoms with Gasteiger partial charge in [-0.1, -0.05) is 26.0 Å². The fraction of sp³-hybridized carbons (Fsp3) is 0.419. The number of carbonyl (C=O) groups excluding carboxylic acids is 4. The highest BCUT2D eigenvalue weighted by molar-refractivity contribution is 5.96. The van der Waals surface area contributed by atoms with E-state index in [2.05, 4.69) is 31.2 Å². The molecule has 0 spiro atoms. The fourth-order valence-corrected chi connectivity index (χ4v) is 4.71. The lowest BCUT2D eigenvalue weighted by Crippen LogP contribution is -2.58. The molecule has 2 heterocycles. The minimum atomic E-state index is -1.58. The number of amides is 4. The molecule has 0 bridgehead atoms. The second kappa shape index (κ2) is 17.4. The normalized spacial score (nSPS) is 13.6. The molecule has 48 heavy (non-hydrogen) atoms. The molecule has 2 aromatic heterocycles. The summed E-state index contributed by atoms with van der Waals surface area (Å²) >= 11 is 0. The first kappa shape index (κ1) is 36.9. The molecule has 258 valence electrons. The number of aromatic amines is 1. The summed E-state index contributed by atoms with van der Waals surface area (Å²) in [6.07, 6.45) is 1.22. The van der Waals surface area contributed by atoms with E-state index in [1.165, 1.54) is 24.7 Å². The number of H-pyrrole nitrogens is 1. The molecule has 1 aromatic carbocycles. The van der Waals surface area contributed by atoms with Crippen LogP contribution in [0.1, 0.15) is 50.8 Å². The maximum absolute atomic E-state index is 13.5. The van der Waals surface area contributed by atoms with Gasteiger partial charge >= 0.3 is 17.6 Å². The quantitative estimate of drug-likeness (QED) is 0.0799. The van der Waals surface area contributed by atoms with E-state index in [0.717, 1.165) is 0 Å². The third kappa shape index (κ3) is 11.7. The first-order chi connectivity index (χ1) is 22.7. The predicted octanol–water partition coefficient (Wildman–Crippen LogP) is -0.458. The number of carboxylic acid groups (broad SMARTS) is 2. The molecular weight excluding hydrogens is 630 g/mol. The van der Waals surface area contributed by atoms with Crippen LogP contribution in [0.5, 0.6) is 0 Å². The summed E-state index contributed by atoms with van der Waals surface area (Å²) in [5.74, 6) is -5.93. The SMILES string of the molecule is CC(C)C[C@H](N)C(=O)N[C@@H](CCC(=O)O)C(=O)N[C@@H](Cc1cnc[nH]1)C(=O)N[C@@H](CC(=O)O)C(=O)NCc1ccc2ccc(=O)oc2c1.